The smallest absolute Gasteiger partial charge is 0.293 e. The fourth-order valence-corrected chi connectivity index (χ4v) is 14.2. The highest BCUT2D eigenvalue weighted by molar-refractivity contribution is 7.91. The quantitative estimate of drug-likeness (QED) is 0.0492. The van der Waals surface area contributed by atoms with Gasteiger partial charge in [-0.05, 0) is 141 Å². The van der Waals surface area contributed by atoms with Crippen molar-refractivity contribution >= 4 is 53.9 Å². The van der Waals surface area contributed by atoms with Gasteiger partial charge in [-0.25, -0.2) is 26.5 Å². The summed E-state index contributed by atoms with van der Waals surface area (Å²) >= 11 is 0. The number of aliphatic hydroxyl groups is 1. The number of nitro groups is 1. The number of methoxy groups -OCH3 is 1. The number of hydrogen-bond donors (Lipinski definition) is 4. The van der Waals surface area contributed by atoms with Gasteiger partial charge in [0.15, 0.2) is 9.84 Å². The number of nitrogens with zero attached hydrogens (tertiary/aromatic N) is 5. The van der Waals surface area contributed by atoms with Gasteiger partial charge in [-0.3, -0.25) is 24.7 Å². The third kappa shape index (κ3) is 11.9. The number of anilines is 2. The minimum Gasteiger partial charge on any atom is -0.495 e. The standard InChI is InChI=1S/C58H70N8O10S2/c1-38(2)46-8-6-7-9-47(46)51-37-63(36-40-10-15-52(75-4)54(28-40)77(5,71)72)26-27-65(51)43-32-58(33-43)21-24-64(25-22-58)42-11-13-48(53(30-42)76-44-29-41-18-23-59-55(41)61-35-44)56(67)62-78(73,74)45-12-14-49(50(31-45)66(69)70)60-34-39-16-19-57(3,68)20-17-39/h6-15,18,23,28-31,35,38-39,43,51,60,68H,16-17,19-22,24-27,32-34,36-37H2,1-5H3,(H,59,61)(H,62,67). The highest BCUT2D eigenvalue weighted by Gasteiger charge is 2.50. The number of pyridine rings is 1. The fourth-order valence-electron chi connectivity index (χ4n) is 12.3. The Kier molecular flexibility index (Phi) is 15.4. The molecule has 2 aliphatic carbocycles. The van der Waals surface area contributed by atoms with E-state index in [0.717, 1.165) is 94.0 Å². The lowest BCUT2D eigenvalue weighted by Crippen LogP contribution is -2.60. The summed E-state index contributed by atoms with van der Waals surface area (Å²) in [5.74, 6) is 0.355. The van der Waals surface area contributed by atoms with E-state index >= 15 is 0 Å². The molecule has 2 aromatic heterocycles. The number of aromatic nitrogens is 2. The average molecular weight is 1100 g/mol. The second-order valence-corrected chi connectivity index (χ2v) is 26.3. The summed E-state index contributed by atoms with van der Waals surface area (Å²) < 4.78 is 67.1. The number of fused-ring (bicyclic) bond motifs is 1. The Bertz CT molecular complexity index is 3430. The van der Waals surface area contributed by atoms with Gasteiger partial charge in [-0.1, -0.05) is 44.2 Å². The van der Waals surface area contributed by atoms with Crippen molar-refractivity contribution in [3.05, 3.63) is 136 Å². The van der Waals surface area contributed by atoms with Gasteiger partial charge < -0.3 is 29.8 Å². The van der Waals surface area contributed by atoms with Gasteiger partial charge in [0.25, 0.3) is 21.6 Å². The summed E-state index contributed by atoms with van der Waals surface area (Å²) in [6.45, 7) is 11.4. The van der Waals surface area contributed by atoms with Crippen LogP contribution >= 0.6 is 0 Å². The van der Waals surface area contributed by atoms with Gasteiger partial charge >= 0.3 is 0 Å². The molecule has 1 unspecified atom stereocenters. The maximum absolute atomic E-state index is 14.1. The number of ether oxygens (including phenoxy) is 2. The predicted octanol–water partition coefficient (Wildman–Crippen LogP) is 9.58. The Morgan fingerprint density at radius 3 is 2.40 bits per heavy atom. The van der Waals surface area contributed by atoms with Gasteiger partial charge in [0.05, 0.1) is 34.3 Å². The normalized spacial score (nSPS) is 21.3. The predicted molar refractivity (Wildman–Crippen MR) is 300 cm³/mol. The van der Waals surface area contributed by atoms with Crippen molar-refractivity contribution < 1.29 is 41.1 Å². The zero-order valence-electron chi connectivity index (χ0n) is 44.9. The van der Waals surface area contributed by atoms with E-state index in [2.05, 4.69) is 72.8 Å². The van der Waals surface area contributed by atoms with Crippen LogP contribution in [0.3, 0.4) is 0 Å². The Morgan fingerprint density at radius 1 is 0.923 bits per heavy atom. The number of nitro benzene ring substituents is 1. The van der Waals surface area contributed by atoms with Crippen molar-refractivity contribution in [2.24, 2.45) is 11.3 Å². The van der Waals surface area contributed by atoms with Crippen LogP contribution in [0.25, 0.3) is 11.0 Å². The molecule has 10 rings (SSSR count). The number of nitrogens with one attached hydrogen (secondary N) is 3. The van der Waals surface area contributed by atoms with E-state index in [0.29, 0.717) is 55.0 Å². The van der Waals surface area contributed by atoms with E-state index in [1.807, 2.05) is 12.1 Å². The molecule has 4 fully saturated rings. The molecule has 78 heavy (non-hydrogen) atoms. The third-order valence-electron chi connectivity index (χ3n) is 16.8. The van der Waals surface area contributed by atoms with Crippen molar-refractivity contribution in [3.63, 3.8) is 0 Å². The molecule has 414 valence electrons. The Hall–Kier alpha value is -6.58. The number of H-pyrrole nitrogens is 1. The second kappa shape index (κ2) is 21.9. The van der Waals surface area contributed by atoms with Crippen LogP contribution < -0.4 is 24.4 Å². The van der Waals surface area contributed by atoms with Crippen molar-refractivity contribution in [1.82, 2.24) is 24.5 Å². The molecule has 1 amide bonds. The second-order valence-electron chi connectivity index (χ2n) is 22.6. The van der Waals surface area contributed by atoms with Gasteiger partial charge in [-0.15, -0.1) is 0 Å². The molecule has 1 atom stereocenters. The molecule has 6 aromatic rings. The zero-order chi connectivity index (χ0) is 55.1. The maximum Gasteiger partial charge on any atom is 0.293 e. The van der Waals surface area contributed by atoms with Gasteiger partial charge in [0, 0.05) is 93.6 Å². The number of sulfone groups is 1. The number of amides is 1. The first-order valence-corrected chi connectivity index (χ1v) is 30.3. The topological polar surface area (TPSA) is 230 Å². The third-order valence-corrected chi connectivity index (χ3v) is 19.2. The van der Waals surface area contributed by atoms with Crippen LogP contribution in [0.1, 0.15) is 111 Å². The molecule has 4 aliphatic rings. The largest absolute Gasteiger partial charge is 0.495 e. The highest BCUT2D eigenvalue weighted by Crippen LogP contribution is 2.53. The number of carbonyl (C=O) groups excluding carboxylic acids is 1. The molecule has 4 aromatic carbocycles. The van der Waals surface area contributed by atoms with Crippen molar-refractivity contribution in [1.29, 1.82) is 0 Å². The van der Waals surface area contributed by atoms with E-state index in [1.54, 1.807) is 49.5 Å². The van der Waals surface area contributed by atoms with Crippen LogP contribution in [-0.2, 0) is 26.4 Å². The van der Waals surface area contributed by atoms with Gasteiger partial charge in [0.2, 0.25) is 0 Å². The lowest BCUT2D eigenvalue weighted by Gasteiger charge is -2.58. The summed E-state index contributed by atoms with van der Waals surface area (Å²) in [5, 5.41) is 26.5. The number of piperazine rings is 1. The van der Waals surface area contributed by atoms with Gasteiger partial charge in [-0.2, -0.15) is 0 Å². The molecule has 2 aliphatic heterocycles. The van der Waals surface area contributed by atoms with E-state index in [-0.39, 0.29) is 39.3 Å². The summed E-state index contributed by atoms with van der Waals surface area (Å²) in [4.78, 5) is 40.4. The van der Waals surface area contributed by atoms with E-state index in [1.165, 1.54) is 42.8 Å². The number of aromatic amines is 1. The molecule has 20 heteroatoms. The summed E-state index contributed by atoms with van der Waals surface area (Å²) in [6.07, 6.45) is 11.3. The number of carbonyl (C=O) groups is 1. The zero-order valence-corrected chi connectivity index (χ0v) is 46.5. The highest BCUT2D eigenvalue weighted by atomic mass is 32.2. The van der Waals surface area contributed by atoms with Crippen molar-refractivity contribution in [2.45, 2.75) is 112 Å². The minimum atomic E-state index is -4.61. The summed E-state index contributed by atoms with van der Waals surface area (Å²) in [5.41, 5.74) is 4.16. The fraction of sp³-hybridized carbons (Fsp3) is 0.448. The van der Waals surface area contributed by atoms with Crippen LogP contribution in [0.2, 0.25) is 0 Å². The molecule has 1 spiro atoms. The molecule has 4 heterocycles. The lowest BCUT2D eigenvalue weighted by atomic mass is 9.59. The molecule has 4 N–H and O–H groups in total. The van der Waals surface area contributed by atoms with Crippen LogP contribution in [-0.4, -0.2) is 117 Å². The first kappa shape index (κ1) is 54.8. The molecular weight excluding hydrogens is 1030 g/mol. The molecule has 2 saturated carbocycles. The molecule has 0 radical (unpaired) electrons. The number of hydrogen-bond acceptors (Lipinski definition) is 15. The first-order chi connectivity index (χ1) is 37.2. The SMILES string of the molecule is COc1ccc(CN2CCN(C3CC4(CCN(c5ccc(C(=O)NS(=O)(=O)c6ccc(NCC7CCC(C)(O)CC7)c([N+](=O)[O-])c6)c(Oc6cnc7[nH]ccc7c6)c5)CC4)C3)C(c3ccccc3C(C)C)C2)cc1S(C)(=O)=O. The first-order valence-electron chi connectivity index (χ1n) is 26.9. The van der Waals surface area contributed by atoms with Crippen LogP contribution in [0.5, 0.6) is 17.2 Å². The number of sulfonamides is 1. The average Bonchev–Trinajstić information content (AvgIpc) is 4.00. The van der Waals surface area contributed by atoms with E-state index < -0.39 is 46.9 Å². The lowest BCUT2D eigenvalue weighted by molar-refractivity contribution is -0.384. The Balaban J connectivity index is 0.833. The molecular formula is C58H70N8O10S2. The van der Waals surface area contributed by atoms with Crippen molar-refractivity contribution in [2.75, 3.05) is 62.9 Å². The number of benzene rings is 4. The Morgan fingerprint density at radius 2 is 1.68 bits per heavy atom. The van der Waals surface area contributed by atoms with E-state index in [4.69, 9.17) is 9.47 Å². The van der Waals surface area contributed by atoms with Gasteiger partial charge in [0.1, 0.15) is 33.5 Å². The summed E-state index contributed by atoms with van der Waals surface area (Å²) in [6, 6.07) is 27.0. The molecule has 18 nitrogen and oxygen atoms in total. The van der Waals surface area contributed by atoms with Crippen LogP contribution in [0.15, 0.2) is 113 Å². The minimum absolute atomic E-state index is 0.0533. The maximum atomic E-state index is 14.1. The summed E-state index contributed by atoms with van der Waals surface area (Å²) in [7, 11) is -6.61. The monoisotopic (exact) mass is 1100 g/mol. The molecule has 0 bridgehead atoms. The van der Waals surface area contributed by atoms with Crippen LogP contribution in [0.4, 0.5) is 17.1 Å². The number of rotatable bonds is 17. The Labute approximate surface area is 456 Å². The molecule has 2 saturated heterocycles. The van der Waals surface area contributed by atoms with Crippen molar-refractivity contribution in [3.8, 4) is 17.2 Å². The van der Waals surface area contributed by atoms with E-state index in [9.17, 15) is 36.9 Å². The number of piperidine rings is 1. The van der Waals surface area contributed by atoms with Crippen LogP contribution in [0, 0.1) is 21.4 Å².